The summed E-state index contributed by atoms with van der Waals surface area (Å²) in [4.78, 5) is 63.3. The molecule has 0 radical (unpaired) electrons. The number of hydrogen-bond acceptors (Lipinski definition) is 6. The first-order chi connectivity index (χ1) is 13.3. The van der Waals surface area contributed by atoms with Crippen LogP contribution in [0.2, 0.25) is 0 Å². The van der Waals surface area contributed by atoms with Gasteiger partial charge < -0.3 is 16.0 Å². The number of nitrogens with one attached hydrogen (secondary N) is 1. The molecule has 0 aliphatic carbocycles. The van der Waals surface area contributed by atoms with Gasteiger partial charge in [0, 0.05) is 12.1 Å². The summed E-state index contributed by atoms with van der Waals surface area (Å²) in [6, 6.07) is 5.97. The first-order valence-electron chi connectivity index (χ1n) is 9.25. The zero-order chi connectivity index (χ0) is 20.8. The molecule has 1 aliphatic rings. The van der Waals surface area contributed by atoms with E-state index in [2.05, 4.69) is 5.32 Å². The molecular weight excluding hydrogens is 442 g/mol. The van der Waals surface area contributed by atoms with E-state index in [4.69, 9.17) is 5.73 Å². The van der Waals surface area contributed by atoms with Crippen molar-refractivity contribution < 1.29 is 24.0 Å². The number of benzene rings is 1. The second-order valence-electron chi connectivity index (χ2n) is 7.07. The van der Waals surface area contributed by atoms with Crippen molar-refractivity contribution in [1.82, 2.24) is 10.2 Å². The highest BCUT2D eigenvalue weighted by Crippen LogP contribution is 2.22. The van der Waals surface area contributed by atoms with Gasteiger partial charge in [-0.05, 0) is 18.8 Å². The molecule has 9 heteroatoms. The van der Waals surface area contributed by atoms with Crippen molar-refractivity contribution in [3.63, 3.8) is 0 Å². The highest BCUT2D eigenvalue weighted by Gasteiger charge is 2.42. The first-order valence-corrected chi connectivity index (χ1v) is 9.25. The lowest BCUT2D eigenvalue weighted by atomic mass is 9.97. The van der Waals surface area contributed by atoms with E-state index < -0.39 is 41.2 Å². The molecule has 158 valence electrons. The summed E-state index contributed by atoms with van der Waals surface area (Å²) in [6.45, 7) is 3.54. The number of rotatable bonds is 8. The monoisotopic (exact) mass is 467 g/mol. The lowest BCUT2D eigenvalue weighted by Gasteiger charge is -2.30. The van der Waals surface area contributed by atoms with Gasteiger partial charge in [-0.3, -0.25) is 24.0 Å². The van der Waals surface area contributed by atoms with Gasteiger partial charge >= 0.3 is 0 Å². The van der Waals surface area contributed by atoms with Gasteiger partial charge in [0.2, 0.25) is 23.4 Å². The summed E-state index contributed by atoms with van der Waals surface area (Å²) in [5.41, 5.74) is 5.44. The van der Waals surface area contributed by atoms with E-state index in [9.17, 15) is 24.0 Å². The minimum absolute atomic E-state index is 0. The van der Waals surface area contributed by atoms with Crippen LogP contribution in [0.3, 0.4) is 0 Å². The highest BCUT2D eigenvalue weighted by atomic mass is 79.9. The molecule has 0 unspecified atom stereocenters. The van der Waals surface area contributed by atoms with Gasteiger partial charge in [-0.15, -0.1) is 17.0 Å². The van der Waals surface area contributed by atoms with Crippen molar-refractivity contribution in [1.29, 1.82) is 0 Å². The average molecular weight is 468 g/mol. The largest absolute Gasteiger partial charge is 0.343 e. The van der Waals surface area contributed by atoms with E-state index >= 15 is 0 Å². The molecule has 0 saturated carbocycles. The number of halogens is 1. The van der Waals surface area contributed by atoms with Crippen molar-refractivity contribution in [3.05, 3.63) is 35.9 Å². The van der Waals surface area contributed by atoms with Crippen LogP contribution in [0.5, 0.6) is 0 Å². The molecule has 1 saturated heterocycles. The fraction of sp³-hybridized carbons (Fsp3) is 0.450. The minimum atomic E-state index is -1.14. The van der Waals surface area contributed by atoms with Gasteiger partial charge in [-0.25, -0.2) is 0 Å². The number of likely N-dealkylation sites (tertiary alicyclic amines) is 1. The fourth-order valence-corrected chi connectivity index (χ4v) is 3.21. The Hall–Kier alpha value is -2.39. The maximum Gasteiger partial charge on any atom is 0.271 e. The molecule has 2 rings (SSSR count). The Kier molecular flexibility index (Phi) is 9.32. The van der Waals surface area contributed by atoms with E-state index in [1.807, 2.05) is 0 Å². The number of nitrogens with two attached hydrogens (primary N) is 1. The van der Waals surface area contributed by atoms with Crippen LogP contribution < -0.4 is 11.1 Å². The van der Waals surface area contributed by atoms with Crippen LogP contribution in [-0.4, -0.2) is 59.2 Å². The molecule has 29 heavy (non-hydrogen) atoms. The third-order valence-electron chi connectivity index (χ3n) is 4.74. The number of Topliss-reactive ketones (excluding diaryl/α,β-unsaturated/α-hetero) is 3. The molecule has 0 aromatic heterocycles. The molecule has 2 atom stereocenters. The molecular formula is C20H26BrN3O5. The third-order valence-corrected chi connectivity index (χ3v) is 4.74. The Bertz CT molecular complexity index is 782. The normalized spacial score (nSPS) is 16.7. The maximum atomic E-state index is 12.9. The standard InChI is InChI=1S/C20H25N3O5.BrH/c1-12(2)16(22-15(24)11-21)20(28)23-10-6-9-14(23)18(26)19(27)17(25)13-7-4-3-5-8-13;/h3-5,7-8,12,14,16H,6,9-11,21H2,1-2H3,(H,22,24);1H/t14-,16-;/m0./s1. The Labute approximate surface area is 180 Å². The van der Waals surface area contributed by atoms with Crippen molar-refractivity contribution >= 4 is 46.1 Å². The van der Waals surface area contributed by atoms with E-state index in [1.54, 1.807) is 32.0 Å². The maximum absolute atomic E-state index is 12.9. The SMILES string of the molecule is Br.CC(C)[C@H](NC(=O)CN)C(=O)N1CCC[C@H]1C(=O)C(=O)C(=O)c1ccccc1. The molecule has 8 nitrogen and oxygen atoms in total. The van der Waals surface area contributed by atoms with Crippen molar-refractivity contribution in [2.75, 3.05) is 13.1 Å². The second kappa shape index (κ2) is 11.0. The quantitative estimate of drug-likeness (QED) is 0.328. The number of hydrogen-bond donors (Lipinski definition) is 2. The van der Waals surface area contributed by atoms with Crippen LogP contribution in [-0.2, 0) is 19.2 Å². The summed E-state index contributed by atoms with van der Waals surface area (Å²) in [6.07, 6.45) is 0.832. The van der Waals surface area contributed by atoms with Gasteiger partial charge in [0.25, 0.3) is 5.78 Å². The topological polar surface area (TPSA) is 127 Å². The van der Waals surface area contributed by atoms with Crippen LogP contribution in [0.15, 0.2) is 30.3 Å². The Morgan fingerprint density at radius 2 is 1.76 bits per heavy atom. The number of carbonyl (C=O) groups excluding carboxylic acids is 5. The van der Waals surface area contributed by atoms with Crippen molar-refractivity contribution in [2.24, 2.45) is 11.7 Å². The summed E-state index contributed by atoms with van der Waals surface area (Å²) in [7, 11) is 0. The van der Waals surface area contributed by atoms with Crippen molar-refractivity contribution in [3.8, 4) is 0 Å². The molecule has 1 aromatic rings. The zero-order valence-electron chi connectivity index (χ0n) is 16.4. The predicted octanol–water partition coefficient (Wildman–Crippen LogP) is 0.676. The number of nitrogens with zero attached hydrogens (tertiary/aromatic N) is 1. The van der Waals surface area contributed by atoms with Gasteiger partial charge in [-0.1, -0.05) is 44.2 Å². The predicted molar refractivity (Wildman–Crippen MR) is 112 cm³/mol. The van der Waals surface area contributed by atoms with E-state index in [1.165, 1.54) is 17.0 Å². The third kappa shape index (κ3) is 5.80. The van der Waals surface area contributed by atoms with Crippen LogP contribution in [0.4, 0.5) is 0 Å². The number of amides is 2. The van der Waals surface area contributed by atoms with E-state index in [-0.39, 0.29) is 41.6 Å². The molecule has 1 aromatic carbocycles. The molecule has 0 bridgehead atoms. The summed E-state index contributed by atoms with van der Waals surface area (Å²) < 4.78 is 0. The number of ketones is 3. The molecule has 3 N–H and O–H groups in total. The summed E-state index contributed by atoms with van der Waals surface area (Å²) >= 11 is 0. The molecule has 2 amide bonds. The van der Waals surface area contributed by atoms with Crippen LogP contribution in [0.25, 0.3) is 0 Å². The Balaban J connectivity index is 0.00000420. The van der Waals surface area contributed by atoms with Crippen molar-refractivity contribution in [2.45, 2.75) is 38.8 Å². The van der Waals surface area contributed by atoms with Crippen LogP contribution in [0.1, 0.15) is 37.0 Å². The highest BCUT2D eigenvalue weighted by molar-refractivity contribution is 8.93. The fourth-order valence-electron chi connectivity index (χ4n) is 3.21. The minimum Gasteiger partial charge on any atom is -0.343 e. The molecule has 1 heterocycles. The summed E-state index contributed by atoms with van der Waals surface area (Å²) in [5.74, 6) is -4.09. The Morgan fingerprint density at radius 3 is 2.31 bits per heavy atom. The smallest absolute Gasteiger partial charge is 0.271 e. The van der Waals surface area contributed by atoms with Crippen LogP contribution in [0, 0.1) is 5.92 Å². The lowest BCUT2D eigenvalue weighted by Crippen LogP contribution is -2.55. The lowest BCUT2D eigenvalue weighted by molar-refractivity contribution is -0.144. The number of carbonyl (C=O) groups is 5. The van der Waals surface area contributed by atoms with E-state index in [0.717, 1.165) is 0 Å². The summed E-state index contributed by atoms with van der Waals surface area (Å²) in [5, 5.41) is 2.56. The van der Waals surface area contributed by atoms with Gasteiger partial charge in [0.1, 0.15) is 6.04 Å². The Morgan fingerprint density at radius 1 is 1.14 bits per heavy atom. The molecule has 1 aliphatic heterocycles. The first kappa shape index (κ1) is 24.6. The molecule has 0 spiro atoms. The average Bonchev–Trinajstić information content (AvgIpc) is 3.19. The zero-order valence-corrected chi connectivity index (χ0v) is 18.1. The van der Waals surface area contributed by atoms with Gasteiger partial charge in [0.05, 0.1) is 12.6 Å². The van der Waals surface area contributed by atoms with Gasteiger partial charge in [0.15, 0.2) is 0 Å². The van der Waals surface area contributed by atoms with E-state index in [0.29, 0.717) is 12.8 Å². The molecule has 1 fully saturated rings. The van der Waals surface area contributed by atoms with Crippen LogP contribution >= 0.6 is 17.0 Å². The van der Waals surface area contributed by atoms with Gasteiger partial charge in [-0.2, -0.15) is 0 Å². The second-order valence-corrected chi connectivity index (χ2v) is 7.07.